The van der Waals surface area contributed by atoms with Crippen molar-refractivity contribution in [1.29, 1.82) is 5.26 Å². The van der Waals surface area contributed by atoms with E-state index in [9.17, 15) is 0 Å². The Morgan fingerprint density at radius 1 is 1.46 bits per heavy atom. The summed E-state index contributed by atoms with van der Waals surface area (Å²) in [6.07, 6.45) is 0.796. The smallest absolute Gasteiger partial charge is 0.0877 e. The maximum atomic E-state index is 9.05. The van der Waals surface area contributed by atoms with Crippen molar-refractivity contribution in [2.24, 2.45) is 5.92 Å². The van der Waals surface area contributed by atoms with E-state index in [2.05, 4.69) is 6.07 Å². The lowest BCUT2D eigenvalue weighted by Crippen LogP contribution is -2.08. The minimum Gasteiger partial charge on any atom is -0.396 e. The van der Waals surface area contributed by atoms with Crippen molar-refractivity contribution in [3.8, 4) is 6.07 Å². The summed E-state index contributed by atoms with van der Waals surface area (Å²) in [5, 5.41) is 18.0. The maximum Gasteiger partial charge on any atom is 0.0877 e. The molecule has 2 rings (SSSR count). The maximum absolute atomic E-state index is 9.05. The van der Waals surface area contributed by atoms with Gasteiger partial charge in [0.05, 0.1) is 11.5 Å². The van der Waals surface area contributed by atoms with Gasteiger partial charge in [-0.15, -0.1) is 0 Å². The van der Waals surface area contributed by atoms with Gasteiger partial charge in [-0.05, 0) is 12.0 Å². The Hall–Kier alpha value is -1.33. The predicted octanol–water partition coefficient (Wildman–Crippen LogP) is 1.46. The number of nitriles is 1. The molecule has 2 unspecified atom stereocenters. The second-order valence-electron chi connectivity index (χ2n) is 3.53. The van der Waals surface area contributed by atoms with E-state index in [0.29, 0.717) is 0 Å². The summed E-state index contributed by atoms with van der Waals surface area (Å²) in [6, 6.07) is 12.0. The van der Waals surface area contributed by atoms with E-state index in [1.165, 1.54) is 0 Å². The molecular formula is C11H11NO. The fourth-order valence-electron chi connectivity index (χ4n) is 1.84. The highest BCUT2D eigenvalue weighted by Gasteiger charge is 2.55. The zero-order valence-corrected chi connectivity index (χ0v) is 7.27. The van der Waals surface area contributed by atoms with Crippen LogP contribution < -0.4 is 0 Å². The van der Waals surface area contributed by atoms with Gasteiger partial charge in [0, 0.05) is 12.5 Å². The van der Waals surface area contributed by atoms with Gasteiger partial charge in [-0.1, -0.05) is 30.3 Å². The lowest BCUT2D eigenvalue weighted by molar-refractivity contribution is 0.269. The van der Waals surface area contributed by atoms with Gasteiger partial charge in [-0.25, -0.2) is 0 Å². The summed E-state index contributed by atoms with van der Waals surface area (Å²) in [7, 11) is 0. The van der Waals surface area contributed by atoms with Crippen LogP contribution in [0, 0.1) is 17.2 Å². The van der Waals surface area contributed by atoms with Gasteiger partial charge in [-0.3, -0.25) is 0 Å². The first-order valence-corrected chi connectivity index (χ1v) is 4.41. The van der Waals surface area contributed by atoms with Gasteiger partial charge in [0.15, 0.2) is 0 Å². The lowest BCUT2D eigenvalue weighted by atomic mass is 9.95. The topological polar surface area (TPSA) is 44.0 Å². The molecule has 1 N–H and O–H groups in total. The molecule has 0 spiro atoms. The van der Waals surface area contributed by atoms with Crippen molar-refractivity contribution in [3.05, 3.63) is 35.9 Å². The Morgan fingerprint density at radius 2 is 2.15 bits per heavy atom. The summed E-state index contributed by atoms with van der Waals surface area (Å²) in [6.45, 7) is 0.114. The molecule has 2 atom stereocenters. The normalized spacial score (nSPS) is 30.9. The van der Waals surface area contributed by atoms with E-state index < -0.39 is 5.41 Å². The average Bonchev–Trinajstić information content (AvgIpc) is 2.94. The Kier molecular flexibility index (Phi) is 1.82. The third-order valence-corrected chi connectivity index (χ3v) is 2.81. The number of aliphatic hydroxyl groups is 1. The van der Waals surface area contributed by atoms with Crippen LogP contribution in [-0.4, -0.2) is 11.7 Å². The van der Waals surface area contributed by atoms with E-state index in [4.69, 9.17) is 10.4 Å². The molecule has 13 heavy (non-hydrogen) atoms. The highest BCUT2D eigenvalue weighted by molar-refractivity contribution is 5.41. The second kappa shape index (κ2) is 2.86. The van der Waals surface area contributed by atoms with Crippen LogP contribution in [0.3, 0.4) is 0 Å². The Bertz CT molecular complexity index is 341. The second-order valence-corrected chi connectivity index (χ2v) is 3.53. The summed E-state index contributed by atoms with van der Waals surface area (Å²) < 4.78 is 0. The van der Waals surface area contributed by atoms with E-state index >= 15 is 0 Å². The van der Waals surface area contributed by atoms with Gasteiger partial charge in [0.2, 0.25) is 0 Å². The van der Waals surface area contributed by atoms with Gasteiger partial charge in [0.1, 0.15) is 0 Å². The van der Waals surface area contributed by atoms with E-state index in [1.54, 1.807) is 0 Å². The number of rotatable bonds is 2. The number of nitrogens with zero attached hydrogens (tertiary/aromatic N) is 1. The molecule has 2 heteroatoms. The third-order valence-electron chi connectivity index (χ3n) is 2.81. The summed E-state index contributed by atoms with van der Waals surface area (Å²) >= 11 is 0. The SMILES string of the molecule is N#CC1(c2ccccc2)CC1CO. The first-order chi connectivity index (χ1) is 6.33. The van der Waals surface area contributed by atoms with Crippen molar-refractivity contribution in [2.75, 3.05) is 6.61 Å². The Labute approximate surface area is 77.4 Å². The number of hydrogen-bond donors (Lipinski definition) is 1. The van der Waals surface area contributed by atoms with Crippen molar-refractivity contribution in [2.45, 2.75) is 11.8 Å². The van der Waals surface area contributed by atoms with Crippen molar-refractivity contribution in [1.82, 2.24) is 0 Å². The third kappa shape index (κ3) is 1.13. The first-order valence-electron chi connectivity index (χ1n) is 4.41. The lowest BCUT2D eigenvalue weighted by Gasteiger charge is -2.06. The molecule has 0 saturated heterocycles. The van der Waals surface area contributed by atoms with Gasteiger partial charge < -0.3 is 5.11 Å². The minimum atomic E-state index is -0.393. The highest BCUT2D eigenvalue weighted by atomic mass is 16.3. The quantitative estimate of drug-likeness (QED) is 0.735. The Balaban J connectivity index is 2.32. The molecule has 0 amide bonds. The van der Waals surface area contributed by atoms with Crippen LogP contribution in [-0.2, 0) is 5.41 Å². The summed E-state index contributed by atoms with van der Waals surface area (Å²) in [5.74, 6) is 0.139. The largest absolute Gasteiger partial charge is 0.396 e. The first kappa shape index (κ1) is 8.28. The molecule has 1 aliphatic carbocycles. The molecule has 0 bridgehead atoms. The van der Waals surface area contributed by atoms with Gasteiger partial charge in [0.25, 0.3) is 0 Å². The van der Waals surface area contributed by atoms with Crippen LogP contribution in [0.15, 0.2) is 30.3 Å². The Morgan fingerprint density at radius 3 is 2.62 bits per heavy atom. The fourth-order valence-corrected chi connectivity index (χ4v) is 1.84. The van der Waals surface area contributed by atoms with Crippen LogP contribution in [0.2, 0.25) is 0 Å². The van der Waals surface area contributed by atoms with E-state index in [-0.39, 0.29) is 12.5 Å². The molecule has 0 radical (unpaired) electrons. The summed E-state index contributed by atoms with van der Waals surface area (Å²) in [5.41, 5.74) is 0.646. The van der Waals surface area contributed by atoms with Crippen LogP contribution in [0.25, 0.3) is 0 Å². The summed E-state index contributed by atoms with van der Waals surface area (Å²) in [4.78, 5) is 0. The molecule has 0 aliphatic heterocycles. The van der Waals surface area contributed by atoms with Crippen molar-refractivity contribution < 1.29 is 5.11 Å². The zero-order chi connectivity index (χ0) is 9.31. The van der Waals surface area contributed by atoms with E-state index in [1.807, 2.05) is 30.3 Å². The molecule has 1 fully saturated rings. The van der Waals surface area contributed by atoms with Gasteiger partial charge >= 0.3 is 0 Å². The van der Waals surface area contributed by atoms with Gasteiger partial charge in [-0.2, -0.15) is 5.26 Å². The fraction of sp³-hybridized carbons (Fsp3) is 0.364. The molecule has 1 aliphatic rings. The molecule has 1 saturated carbocycles. The zero-order valence-electron chi connectivity index (χ0n) is 7.27. The molecule has 0 aromatic heterocycles. The van der Waals surface area contributed by atoms with E-state index in [0.717, 1.165) is 12.0 Å². The minimum absolute atomic E-state index is 0.114. The average molecular weight is 173 g/mol. The molecule has 66 valence electrons. The molecule has 1 aromatic rings. The van der Waals surface area contributed by atoms with Crippen LogP contribution in [0.1, 0.15) is 12.0 Å². The van der Waals surface area contributed by atoms with Crippen LogP contribution >= 0.6 is 0 Å². The van der Waals surface area contributed by atoms with Crippen molar-refractivity contribution in [3.63, 3.8) is 0 Å². The molecule has 1 aromatic carbocycles. The predicted molar refractivity (Wildman–Crippen MR) is 48.9 cm³/mol. The van der Waals surface area contributed by atoms with Crippen LogP contribution in [0.4, 0.5) is 0 Å². The number of benzene rings is 1. The number of hydrogen-bond acceptors (Lipinski definition) is 2. The standard InChI is InChI=1S/C11H11NO/c12-8-11(6-10(11)7-13)9-4-2-1-3-5-9/h1-5,10,13H,6-7H2. The highest BCUT2D eigenvalue weighted by Crippen LogP contribution is 2.53. The van der Waals surface area contributed by atoms with Crippen LogP contribution in [0.5, 0.6) is 0 Å². The van der Waals surface area contributed by atoms with Crippen molar-refractivity contribution >= 4 is 0 Å². The monoisotopic (exact) mass is 173 g/mol. The molecular weight excluding hydrogens is 162 g/mol. The molecule has 0 heterocycles. The molecule has 2 nitrogen and oxygen atoms in total. The number of aliphatic hydroxyl groups excluding tert-OH is 1.